The van der Waals surface area contributed by atoms with E-state index in [1.807, 2.05) is 0 Å². The number of methoxy groups -OCH3 is 1. The summed E-state index contributed by atoms with van der Waals surface area (Å²) < 4.78 is 18.2. The van der Waals surface area contributed by atoms with Gasteiger partial charge in [-0.05, 0) is 36.2 Å². The highest BCUT2D eigenvalue weighted by Gasteiger charge is 2.25. The van der Waals surface area contributed by atoms with Gasteiger partial charge in [-0.1, -0.05) is 12.1 Å². The lowest BCUT2D eigenvalue weighted by Gasteiger charge is -2.19. The van der Waals surface area contributed by atoms with Crippen LogP contribution in [0.1, 0.15) is 18.4 Å². The lowest BCUT2D eigenvalue weighted by Crippen LogP contribution is -2.35. The molecule has 8 heteroatoms. The second-order valence-electron chi connectivity index (χ2n) is 6.30. The molecule has 2 aromatic carbocycles. The normalized spacial score (nSPS) is 13.4. The summed E-state index contributed by atoms with van der Waals surface area (Å²) in [6.45, 7) is 0.721. The van der Waals surface area contributed by atoms with Crippen LogP contribution >= 0.6 is 0 Å². The molecule has 28 heavy (non-hydrogen) atoms. The number of anilines is 2. The zero-order valence-electron chi connectivity index (χ0n) is 15.3. The number of carbonyl (C=O) groups excluding carboxylic acids is 3. The van der Waals surface area contributed by atoms with Crippen molar-refractivity contribution in [3.8, 4) is 5.75 Å². The van der Waals surface area contributed by atoms with Crippen molar-refractivity contribution in [3.63, 3.8) is 0 Å². The van der Waals surface area contributed by atoms with Crippen molar-refractivity contribution < 1.29 is 23.5 Å². The molecule has 1 heterocycles. The number of hydrogen-bond acceptors (Lipinski definition) is 4. The molecule has 0 atom stereocenters. The van der Waals surface area contributed by atoms with Crippen LogP contribution in [-0.2, 0) is 20.9 Å². The molecule has 1 aliphatic rings. The number of ether oxygens (including phenoxy) is 1. The first-order valence-electron chi connectivity index (χ1n) is 8.80. The molecule has 146 valence electrons. The van der Waals surface area contributed by atoms with Gasteiger partial charge in [-0.25, -0.2) is 4.39 Å². The summed E-state index contributed by atoms with van der Waals surface area (Å²) in [5, 5.41) is 4.97. The van der Waals surface area contributed by atoms with E-state index < -0.39 is 11.8 Å². The van der Waals surface area contributed by atoms with Crippen molar-refractivity contribution in [1.82, 2.24) is 5.32 Å². The molecule has 7 nitrogen and oxygen atoms in total. The number of nitrogens with zero attached hydrogens (tertiary/aromatic N) is 1. The summed E-state index contributed by atoms with van der Waals surface area (Å²) in [6, 6.07) is 10.4. The maximum atomic E-state index is 12.9. The van der Waals surface area contributed by atoms with E-state index in [1.54, 1.807) is 23.1 Å². The second-order valence-corrected chi connectivity index (χ2v) is 6.30. The summed E-state index contributed by atoms with van der Waals surface area (Å²) in [7, 11) is 1.47. The Balaban J connectivity index is 1.62. The number of carbonyl (C=O) groups is 3. The monoisotopic (exact) mass is 385 g/mol. The number of rotatable bonds is 5. The van der Waals surface area contributed by atoms with Gasteiger partial charge in [0.15, 0.2) is 0 Å². The molecule has 1 saturated heterocycles. The molecule has 2 N–H and O–H groups in total. The SMILES string of the molecule is COc1cc(NC(=O)C(=O)NCc2ccc(F)cc2)ccc1N1CCCC1=O. The molecule has 3 amide bonds. The van der Waals surface area contributed by atoms with E-state index in [0.29, 0.717) is 35.7 Å². The van der Waals surface area contributed by atoms with Gasteiger partial charge in [0.25, 0.3) is 0 Å². The predicted octanol–water partition coefficient (Wildman–Crippen LogP) is 2.22. The average molecular weight is 385 g/mol. The summed E-state index contributed by atoms with van der Waals surface area (Å²) >= 11 is 0. The van der Waals surface area contributed by atoms with Gasteiger partial charge in [0.05, 0.1) is 12.8 Å². The smallest absolute Gasteiger partial charge is 0.313 e. The molecule has 0 saturated carbocycles. The van der Waals surface area contributed by atoms with Gasteiger partial charge in [-0.2, -0.15) is 0 Å². The van der Waals surface area contributed by atoms with Crippen molar-refractivity contribution in [3.05, 3.63) is 53.8 Å². The van der Waals surface area contributed by atoms with Crippen LogP contribution in [0.25, 0.3) is 0 Å². The third-order valence-corrected chi connectivity index (χ3v) is 4.37. The standard InChI is InChI=1S/C20H20FN3O4/c1-28-17-11-15(8-9-16(17)24-10-2-3-18(24)25)23-20(27)19(26)22-12-13-4-6-14(21)7-5-13/h4-9,11H,2-3,10,12H2,1H3,(H,22,26)(H,23,27). The minimum Gasteiger partial charge on any atom is -0.494 e. The molecular formula is C20H20FN3O4. The molecule has 0 unspecified atom stereocenters. The van der Waals surface area contributed by atoms with Crippen molar-refractivity contribution in [2.75, 3.05) is 23.9 Å². The van der Waals surface area contributed by atoms with Gasteiger partial charge in [-0.15, -0.1) is 0 Å². The van der Waals surface area contributed by atoms with Crippen molar-refractivity contribution in [1.29, 1.82) is 0 Å². The Kier molecular flexibility index (Phi) is 5.88. The maximum Gasteiger partial charge on any atom is 0.313 e. The Bertz CT molecular complexity index is 899. The first-order chi connectivity index (χ1) is 13.5. The summed E-state index contributed by atoms with van der Waals surface area (Å²) in [4.78, 5) is 37.6. The predicted molar refractivity (Wildman–Crippen MR) is 101 cm³/mol. The van der Waals surface area contributed by atoms with Crippen LogP contribution in [0.2, 0.25) is 0 Å². The Morgan fingerprint density at radius 1 is 1.14 bits per heavy atom. The quantitative estimate of drug-likeness (QED) is 0.773. The summed E-state index contributed by atoms with van der Waals surface area (Å²) in [6.07, 6.45) is 1.28. The van der Waals surface area contributed by atoms with Gasteiger partial charge < -0.3 is 20.3 Å². The topological polar surface area (TPSA) is 87.7 Å². The first kappa shape index (κ1) is 19.3. The van der Waals surface area contributed by atoms with Crippen molar-refractivity contribution in [2.24, 2.45) is 0 Å². The van der Waals surface area contributed by atoms with Gasteiger partial charge in [0.1, 0.15) is 11.6 Å². The third-order valence-electron chi connectivity index (χ3n) is 4.37. The van der Waals surface area contributed by atoms with Crippen LogP contribution in [-0.4, -0.2) is 31.4 Å². The molecule has 1 aliphatic heterocycles. The lowest BCUT2D eigenvalue weighted by atomic mass is 10.2. The van der Waals surface area contributed by atoms with E-state index in [2.05, 4.69) is 10.6 Å². The van der Waals surface area contributed by atoms with Gasteiger partial charge >= 0.3 is 11.8 Å². The number of halogens is 1. The largest absolute Gasteiger partial charge is 0.494 e. The highest BCUT2D eigenvalue weighted by atomic mass is 19.1. The molecule has 0 aliphatic carbocycles. The number of hydrogen-bond donors (Lipinski definition) is 2. The van der Waals surface area contributed by atoms with Crippen LogP contribution in [0, 0.1) is 5.82 Å². The van der Waals surface area contributed by atoms with Crippen molar-refractivity contribution in [2.45, 2.75) is 19.4 Å². The van der Waals surface area contributed by atoms with E-state index >= 15 is 0 Å². The number of nitrogens with one attached hydrogen (secondary N) is 2. The Hall–Kier alpha value is -3.42. The Morgan fingerprint density at radius 2 is 1.89 bits per heavy atom. The Morgan fingerprint density at radius 3 is 2.54 bits per heavy atom. The fourth-order valence-electron chi connectivity index (χ4n) is 2.93. The van der Waals surface area contributed by atoms with Crippen LogP contribution in [0.4, 0.5) is 15.8 Å². The number of amides is 3. The Labute approximate surface area is 161 Å². The van der Waals surface area contributed by atoms with Crippen molar-refractivity contribution >= 4 is 29.1 Å². The van der Waals surface area contributed by atoms with E-state index in [1.165, 1.54) is 31.4 Å². The fraction of sp³-hybridized carbons (Fsp3) is 0.250. The zero-order valence-corrected chi connectivity index (χ0v) is 15.3. The van der Waals surface area contributed by atoms with Gasteiger partial charge in [-0.3, -0.25) is 14.4 Å². The van der Waals surface area contributed by atoms with E-state index in [-0.39, 0.29) is 18.3 Å². The average Bonchev–Trinajstić information content (AvgIpc) is 3.12. The molecule has 0 spiro atoms. The zero-order chi connectivity index (χ0) is 20.1. The first-order valence-corrected chi connectivity index (χ1v) is 8.80. The van der Waals surface area contributed by atoms with Crippen LogP contribution in [0.5, 0.6) is 5.75 Å². The third kappa shape index (κ3) is 4.46. The van der Waals surface area contributed by atoms with Crippen LogP contribution < -0.4 is 20.3 Å². The van der Waals surface area contributed by atoms with Crippen LogP contribution in [0.15, 0.2) is 42.5 Å². The van der Waals surface area contributed by atoms with Crippen LogP contribution in [0.3, 0.4) is 0 Å². The van der Waals surface area contributed by atoms with E-state index in [9.17, 15) is 18.8 Å². The second kappa shape index (κ2) is 8.51. The fourth-order valence-corrected chi connectivity index (χ4v) is 2.93. The van der Waals surface area contributed by atoms with Gasteiger partial charge in [0, 0.05) is 31.3 Å². The highest BCUT2D eigenvalue weighted by molar-refractivity contribution is 6.39. The minimum absolute atomic E-state index is 0.0234. The molecule has 0 aromatic heterocycles. The molecule has 3 rings (SSSR count). The van der Waals surface area contributed by atoms with E-state index in [0.717, 1.165) is 6.42 Å². The molecule has 2 aromatic rings. The van der Waals surface area contributed by atoms with E-state index in [4.69, 9.17) is 4.74 Å². The van der Waals surface area contributed by atoms with Gasteiger partial charge in [0.2, 0.25) is 5.91 Å². The molecular weight excluding hydrogens is 365 g/mol. The summed E-state index contributed by atoms with van der Waals surface area (Å²) in [5.74, 6) is -1.58. The highest BCUT2D eigenvalue weighted by Crippen LogP contribution is 2.33. The molecule has 1 fully saturated rings. The molecule has 0 bridgehead atoms. The lowest BCUT2D eigenvalue weighted by molar-refractivity contribution is -0.136. The minimum atomic E-state index is -0.839. The number of benzene rings is 2. The maximum absolute atomic E-state index is 12.9. The molecule has 0 radical (unpaired) electrons. The summed E-state index contributed by atoms with van der Waals surface area (Å²) in [5.41, 5.74) is 1.67.